The smallest absolute Gasteiger partial charge is 0.267 e. The van der Waals surface area contributed by atoms with E-state index in [1.807, 2.05) is 24.0 Å². The van der Waals surface area contributed by atoms with Crippen LogP contribution in [0.15, 0.2) is 34.2 Å². The van der Waals surface area contributed by atoms with Gasteiger partial charge in [-0.05, 0) is 62.4 Å². The fourth-order valence-corrected chi connectivity index (χ4v) is 6.77. The Morgan fingerprint density at radius 3 is 2.66 bits per heavy atom. The van der Waals surface area contributed by atoms with Gasteiger partial charge in [0.15, 0.2) is 5.16 Å². The maximum atomic E-state index is 13.8. The molecule has 2 aliphatic rings. The molecule has 0 saturated carbocycles. The molecular weight excluding hydrogens is 466 g/mol. The van der Waals surface area contributed by atoms with E-state index in [0.29, 0.717) is 42.2 Å². The van der Waals surface area contributed by atoms with Crippen molar-refractivity contribution in [2.24, 2.45) is 0 Å². The van der Waals surface area contributed by atoms with Gasteiger partial charge in [0, 0.05) is 23.0 Å². The predicted molar refractivity (Wildman–Crippen MR) is 130 cm³/mol. The fourth-order valence-electron chi connectivity index (χ4n) is 4.33. The lowest BCUT2D eigenvalue weighted by atomic mass is 9.97. The summed E-state index contributed by atoms with van der Waals surface area (Å²) in [6, 6.07) is 7.20. The Labute approximate surface area is 199 Å². The molecule has 2 aromatic heterocycles. The molecule has 32 heavy (non-hydrogen) atoms. The third-order valence-electron chi connectivity index (χ3n) is 6.00. The minimum Gasteiger partial charge on any atom is -0.378 e. The van der Waals surface area contributed by atoms with E-state index in [-0.39, 0.29) is 16.7 Å². The molecular formula is C23H24ClN3O3S2. The number of nitrogens with zero attached hydrogens (tertiary/aromatic N) is 3. The molecule has 0 bridgehead atoms. The Morgan fingerprint density at radius 2 is 1.91 bits per heavy atom. The number of halogens is 1. The molecule has 6 nitrogen and oxygen atoms in total. The SMILES string of the molecule is CC(Sc1nc2sc3c(c2c(=O)n1-c1ccc(Cl)cc1)CCCC3)C(=O)N1CCOCC1. The van der Waals surface area contributed by atoms with Gasteiger partial charge in [-0.1, -0.05) is 23.4 Å². The van der Waals surface area contributed by atoms with Crippen molar-refractivity contribution in [3.8, 4) is 5.69 Å². The average molecular weight is 490 g/mol. The number of rotatable bonds is 4. The highest BCUT2D eigenvalue weighted by Gasteiger charge is 2.27. The first-order valence-corrected chi connectivity index (χ1v) is 13.0. The van der Waals surface area contributed by atoms with Crippen LogP contribution in [0.3, 0.4) is 0 Å². The molecule has 1 unspecified atom stereocenters. The second-order valence-electron chi connectivity index (χ2n) is 8.10. The van der Waals surface area contributed by atoms with Crippen molar-refractivity contribution in [3.05, 3.63) is 50.1 Å². The summed E-state index contributed by atoms with van der Waals surface area (Å²) >= 11 is 9.06. The number of hydrogen-bond donors (Lipinski definition) is 0. The van der Waals surface area contributed by atoms with Gasteiger partial charge in [-0.2, -0.15) is 0 Å². The summed E-state index contributed by atoms with van der Waals surface area (Å²) in [4.78, 5) is 35.6. The highest BCUT2D eigenvalue weighted by molar-refractivity contribution is 8.00. The number of carbonyl (C=O) groups excluding carboxylic acids is 1. The van der Waals surface area contributed by atoms with E-state index in [0.717, 1.165) is 41.5 Å². The molecule has 1 fully saturated rings. The van der Waals surface area contributed by atoms with Crippen LogP contribution < -0.4 is 5.56 Å². The number of benzene rings is 1. The lowest BCUT2D eigenvalue weighted by molar-refractivity contribution is -0.134. The average Bonchev–Trinajstić information content (AvgIpc) is 3.19. The van der Waals surface area contributed by atoms with Crippen LogP contribution >= 0.6 is 34.7 Å². The molecule has 1 aromatic carbocycles. The van der Waals surface area contributed by atoms with Crippen molar-refractivity contribution >= 4 is 50.8 Å². The van der Waals surface area contributed by atoms with E-state index in [1.165, 1.54) is 16.6 Å². The summed E-state index contributed by atoms with van der Waals surface area (Å²) in [6.07, 6.45) is 4.18. The van der Waals surface area contributed by atoms with Gasteiger partial charge in [0.05, 0.1) is 29.5 Å². The Balaban J connectivity index is 1.60. The van der Waals surface area contributed by atoms with E-state index < -0.39 is 0 Å². The summed E-state index contributed by atoms with van der Waals surface area (Å²) < 4.78 is 7.02. The van der Waals surface area contributed by atoms with Crippen molar-refractivity contribution < 1.29 is 9.53 Å². The quantitative estimate of drug-likeness (QED) is 0.403. The summed E-state index contributed by atoms with van der Waals surface area (Å²) in [7, 11) is 0. The molecule has 3 aromatic rings. The van der Waals surface area contributed by atoms with Crippen molar-refractivity contribution in [2.75, 3.05) is 26.3 Å². The highest BCUT2D eigenvalue weighted by Crippen LogP contribution is 2.36. The van der Waals surface area contributed by atoms with Crippen LogP contribution in [-0.4, -0.2) is 51.9 Å². The molecule has 9 heteroatoms. The monoisotopic (exact) mass is 489 g/mol. The molecule has 3 heterocycles. The number of aromatic nitrogens is 2. The molecule has 1 saturated heterocycles. The third kappa shape index (κ3) is 4.09. The van der Waals surface area contributed by atoms with Gasteiger partial charge in [-0.3, -0.25) is 14.2 Å². The lowest BCUT2D eigenvalue weighted by Crippen LogP contribution is -2.44. The second kappa shape index (κ2) is 9.17. The lowest BCUT2D eigenvalue weighted by Gasteiger charge is -2.29. The third-order valence-corrected chi connectivity index (χ3v) is 8.47. The zero-order valence-corrected chi connectivity index (χ0v) is 20.2. The summed E-state index contributed by atoms with van der Waals surface area (Å²) in [5.41, 5.74) is 1.80. The number of thiophene rings is 1. The number of morpholine rings is 1. The van der Waals surface area contributed by atoms with Gasteiger partial charge in [-0.25, -0.2) is 4.98 Å². The highest BCUT2D eigenvalue weighted by atomic mass is 35.5. The van der Waals surface area contributed by atoms with Gasteiger partial charge in [0.1, 0.15) is 4.83 Å². The molecule has 1 atom stereocenters. The normalized spacial score (nSPS) is 17.4. The minimum absolute atomic E-state index is 0.0424. The Morgan fingerprint density at radius 1 is 1.19 bits per heavy atom. The van der Waals surface area contributed by atoms with Crippen molar-refractivity contribution in [1.29, 1.82) is 0 Å². The van der Waals surface area contributed by atoms with E-state index in [2.05, 4.69) is 0 Å². The molecule has 5 rings (SSSR count). The number of fused-ring (bicyclic) bond motifs is 3. The van der Waals surface area contributed by atoms with Crippen LogP contribution in [0.1, 0.15) is 30.2 Å². The minimum atomic E-state index is -0.370. The van der Waals surface area contributed by atoms with Gasteiger partial charge in [0.2, 0.25) is 5.91 Å². The van der Waals surface area contributed by atoms with Crippen molar-refractivity contribution in [1.82, 2.24) is 14.5 Å². The molecule has 1 amide bonds. The largest absolute Gasteiger partial charge is 0.378 e. The van der Waals surface area contributed by atoms with E-state index in [9.17, 15) is 9.59 Å². The van der Waals surface area contributed by atoms with Crippen molar-refractivity contribution in [2.45, 2.75) is 43.0 Å². The van der Waals surface area contributed by atoms with E-state index >= 15 is 0 Å². The second-order valence-corrected chi connectivity index (χ2v) is 10.9. The molecule has 0 spiro atoms. The standard InChI is InChI=1S/C23H24ClN3O3S2/c1-14(21(28)26-10-12-30-13-11-26)31-23-25-20-19(17-4-2-3-5-18(17)32-20)22(29)27(23)16-8-6-15(24)7-9-16/h6-9,14H,2-5,10-13H2,1H3. The maximum absolute atomic E-state index is 13.8. The number of hydrogen-bond acceptors (Lipinski definition) is 6. The van der Waals surface area contributed by atoms with Crippen LogP contribution in [0.25, 0.3) is 15.9 Å². The maximum Gasteiger partial charge on any atom is 0.267 e. The first-order chi connectivity index (χ1) is 15.5. The van der Waals surface area contributed by atoms with E-state index in [1.54, 1.807) is 28.0 Å². The van der Waals surface area contributed by atoms with Crippen LogP contribution in [0.5, 0.6) is 0 Å². The Kier molecular flexibility index (Phi) is 6.29. The van der Waals surface area contributed by atoms with Crippen LogP contribution in [0.4, 0.5) is 0 Å². The number of amides is 1. The molecule has 0 N–H and O–H groups in total. The van der Waals surface area contributed by atoms with Gasteiger partial charge in [0.25, 0.3) is 5.56 Å². The zero-order valence-electron chi connectivity index (χ0n) is 17.8. The van der Waals surface area contributed by atoms with Gasteiger partial charge >= 0.3 is 0 Å². The van der Waals surface area contributed by atoms with Gasteiger partial charge in [-0.15, -0.1) is 11.3 Å². The molecule has 1 aliphatic carbocycles. The van der Waals surface area contributed by atoms with Crippen LogP contribution in [-0.2, 0) is 22.4 Å². The number of ether oxygens (including phenoxy) is 1. The Hall–Kier alpha value is -1.87. The van der Waals surface area contributed by atoms with E-state index in [4.69, 9.17) is 21.3 Å². The van der Waals surface area contributed by atoms with Crippen molar-refractivity contribution in [3.63, 3.8) is 0 Å². The molecule has 1 aliphatic heterocycles. The number of aryl methyl sites for hydroxylation is 2. The topological polar surface area (TPSA) is 64.4 Å². The zero-order chi connectivity index (χ0) is 22.2. The first-order valence-electron chi connectivity index (χ1n) is 10.9. The predicted octanol–water partition coefficient (Wildman–Crippen LogP) is 4.32. The summed E-state index contributed by atoms with van der Waals surface area (Å²) in [5, 5.41) is 1.51. The molecule has 0 radical (unpaired) electrons. The first kappa shape index (κ1) is 21.9. The van der Waals surface area contributed by atoms with Crippen LogP contribution in [0.2, 0.25) is 5.02 Å². The Bertz CT molecular complexity index is 1220. The fraction of sp³-hybridized carbons (Fsp3) is 0.435. The summed E-state index contributed by atoms with van der Waals surface area (Å²) in [6.45, 7) is 4.19. The van der Waals surface area contributed by atoms with Crippen LogP contribution in [0, 0.1) is 0 Å². The summed E-state index contributed by atoms with van der Waals surface area (Å²) in [5.74, 6) is 0.0424. The number of thioether (sulfide) groups is 1. The van der Waals surface area contributed by atoms with Gasteiger partial charge < -0.3 is 9.64 Å². The molecule has 168 valence electrons. The number of carbonyl (C=O) groups is 1.